The maximum Gasteiger partial charge on any atom is 0.191 e. The molecular formula is C15H23N3O. The van der Waals surface area contributed by atoms with Crippen LogP contribution in [-0.4, -0.2) is 37.6 Å². The van der Waals surface area contributed by atoms with Crippen molar-refractivity contribution < 1.29 is 4.74 Å². The van der Waals surface area contributed by atoms with Crippen molar-refractivity contribution in [2.24, 2.45) is 10.7 Å². The number of guanidine groups is 1. The molecule has 1 heterocycles. The van der Waals surface area contributed by atoms with Gasteiger partial charge >= 0.3 is 0 Å². The van der Waals surface area contributed by atoms with Crippen molar-refractivity contribution in [2.75, 3.05) is 26.7 Å². The number of aliphatic imine (C=N–C) groups is 1. The Balaban J connectivity index is 1.95. The SMILES string of the molecule is CCCCOc1ccc(C2CN=C(N)N(C)C2)cc1. The highest BCUT2D eigenvalue weighted by Gasteiger charge is 2.19. The van der Waals surface area contributed by atoms with Gasteiger partial charge in [0.1, 0.15) is 5.75 Å². The van der Waals surface area contributed by atoms with Crippen LogP contribution in [0.3, 0.4) is 0 Å². The number of rotatable bonds is 5. The highest BCUT2D eigenvalue weighted by Crippen LogP contribution is 2.23. The molecule has 0 amide bonds. The molecule has 1 unspecified atom stereocenters. The van der Waals surface area contributed by atoms with Crippen LogP contribution < -0.4 is 10.5 Å². The molecule has 19 heavy (non-hydrogen) atoms. The zero-order valence-electron chi connectivity index (χ0n) is 11.8. The molecule has 4 nitrogen and oxygen atoms in total. The van der Waals surface area contributed by atoms with Crippen LogP contribution in [0.5, 0.6) is 5.75 Å². The van der Waals surface area contributed by atoms with Gasteiger partial charge in [-0.1, -0.05) is 25.5 Å². The lowest BCUT2D eigenvalue weighted by atomic mass is 9.98. The van der Waals surface area contributed by atoms with Gasteiger partial charge in [0, 0.05) is 19.5 Å². The first-order valence-electron chi connectivity index (χ1n) is 6.94. The number of unbranched alkanes of at least 4 members (excludes halogenated alkanes) is 1. The Kier molecular flexibility index (Phi) is 4.66. The van der Waals surface area contributed by atoms with E-state index in [9.17, 15) is 0 Å². The summed E-state index contributed by atoms with van der Waals surface area (Å²) < 4.78 is 5.67. The molecule has 1 aliphatic rings. The van der Waals surface area contributed by atoms with Crippen molar-refractivity contribution >= 4 is 5.96 Å². The van der Waals surface area contributed by atoms with Crippen LogP contribution in [0, 0.1) is 0 Å². The molecule has 0 spiro atoms. The molecule has 0 aromatic heterocycles. The van der Waals surface area contributed by atoms with Crippen LogP contribution >= 0.6 is 0 Å². The summed E-state index contributed by atoms with van der Waals surface area (Å²) in [6.07, 6.45) is 2.26. The Morgan fingerprint density at radius 2 is 2.11 bits per heavy atom. The van der Waals surface area contributed by atoms with Gasteiger partial charge in [-0.3, -0.25) is 4.99 Å². The third-order valence-electron chi connectivity index (χ3n) is 3.48. The number of likely N-dealkylation sites (N-methyl/N-ethyl adjacent to an activating group) is 1. The van der Waals surface area contributed by atoms with E-state index in [1.165, 1.54) is 5.56 Å². The van der Waals surface area contributed by atoms with Crippen LogP contribution in [0.1, 0.15) is 31.2 Å². The third kappa shape index (κ3) is 3.63. The molecule has 0 saturated carbocycles. The van der Waals surface area contributed by atoms with Gasteiger partial charge in [-0.05, 0) is 24.1 Å². The van der Waals surface area contributed by atoms with Gasteiger partial charge in [0.05, 0.1) is 13.2 Å². The summed E-state index contributed by atoms with van der Waals surface area (Å²) in [7, 11) is 1.98. The highest BCUT2D eigenvalue weighted by atomic mass is 16.5. The lowest BCUT2D eigenvalue weighted by molar-refractivity contribution is 0.309. The predicted molar refractivity (Wildman–Crippen MR) is 78.7 cm³/mol. The smallest absolute Gasteiger partial charge is 0.191 e. The zero-order chi connectivity index (χ0) is 13.7. The van der Waals surface area contributed by atoms with Crippen LogP contribution in [0.2, 0.25) is 0 Å². The zero-order valence-corrected chi connectivity index (χ0v) is 11.8. The van der Waals surface area contributed by atoms with Crippen molar-refractivity contribution in [3.05, 3.63) is 29.8 Å². The van der Waals surface area contributed by atoms with E-state index in [0.717, 1.165) is 38.3 Å². The van der Waals surface area contributed by atoms with E-state index < -0.39 is 0 Å². The molecule has 1 aliphatic heterocycles. The summed E-state index contributed by atoms with van der Waals surface area (Å²) in [5.41, 5.74) is 7.06. The van der Waals surface area contributed by atoms with E-state index in [4.69, 9.17) is 10.5 Å². The van der Waals surface area contributed by atoms with Gasteiger partial charge in [0.15, 0.2) is 5.96 Å². The monoisotopic (exact) mass is 261 g/mol. The first-order valence-corrected chi connectivity index (χ1v) is 6.94. The first kappa shape index (κ1) is 13.7. The standard InChI is InChI=1S/C15H23N3O/c1-3-4-9-19-14-7-5-12(6-8-14)13-10-17-15(16)18(2)11-13/h5-8,13H,3-4,9-11H2,1-2H3,(H2,16,17). The van der Waals surface area contributed by atoms with Crippen molar-refractivity contribution in [1.82, 2.24) is 4.90 Å². The van der Waals surface area contributed by atoms with Gasteiger partial charge in [-0.2, -0.15) is 0 Å². The first-order chi connectivity index (χ1) is 9.20. The molecule has 0 aliphatic carbocycles. The van der Waals surface area contributed by atoms with Gasteiger partial charge in [-0.25, -0.2) is 0 Å². The maximum atomic E-state index is 5.77. The van der Waals surface area contributed by atoms with E-state index in [-0.39, 0.29) is 0 Å². The normalized spacial score (nSPS) is 19.2. The fraction of sp³-hybridized carbons (Fsp3) is 0.533. The van der Waals surface area contributed by atoms with Crippen molar-refractivity contribution in [1.29, 1.82) is 0 Å². The number of hydrogen-bond donors (Lipinski definition) is 1. The molecule has 0 saturated heterocycles. The predicted octanol–water partition coefficient (Wildman–Crippen LogP) is 2.21. The minimum atomic E-state index is 0.419. The van der Waals surface area contributed by atoms with Crippen LogP contribution in [0.25, 0.3) is 0 Å². The van der Waals surface area contributed by atoms with E-state index in [1.54, 1.807) is 0 Å². The second-order valence-corrected chi connectivity index (χ2v) is 5.05. The molecule has 0 radical (unpaired) electrons. The van der Waals surface area contributed by atoms with Gasteiger partial charge in [0.2, 0.25) is 0 Å². The molecule has 1 atom stereocenters. The highest BCUT2D eigenvalue weighted by molar-refractivity contribution is 5.78. The lowest BCUT2D eigenvalue weighted by Gasteiger charge is -2.29. The molecule has 0 fully saturated rings. The molecule has 0 bridgehead atoms. The Hall–Kier alpha value is -1.71. The van der Waals surface area contributed by atoms with Gasteiger partial charge in [0.25, 0.3) is 0 Å². The lowest BCUT2D eigenvalue weighted by Crippen LogP contribution is -2.41. The van der Waals surface area contributed by atoms with Gasteiger partial charge in [-0.15, -0.1) is 0 Å². The Morgan fingerprint density at radius 3 is 2.74 bits per heavy atom. The summed E-state index contributed by atoms with van der Waals surface area (Å²) in [4.78, 5) is 6.34. The largest absolute Gasteiger partial charge is 0.494 e. The summed E-state index contributed by atoms with van der Waals surface area (Å²) in [6.45, 7) is 4.65. The summed E-state index contributed by atoms with van der Waals surface area (Å²) in [6, 6.07) is 8.37. The molecule has 2 rings (SSSR count). The number of benzene rings is 1. The second-order valence-electron chi connectivity index (χ2n) is 5.05. The molecule has 2 N–H and O–H groups in total. The Morgan fingerprint density at radius 1 is 1.37 bits per heavy atom. The van der Waals surface area contributed by atoms with Crippen LogP contribution in [-0.2, 0) is 0 Å². The third-order valence-corrected chi connectivity index (χ3v) is 3.48. The average Bonchev–Trinajstić information content (AvgIpc) is 2.43. The van der Waals surface area contributed by atoms with E-state index in [0.29, 0.717) is 11.9 Å². The Labute approximate surface area is 115 Å². The van der Waals surface area contributed by atoms with Crippen LogP contribution in [0.15, 0.2) is 29.3 Å². The van der Waals surface area contributed by atoms with Gasteiger partial charge < -0.3 is 15.4 Å². The second kappa shape index (κ2) is 6.45. The average molecular weight is 261 g/mol. The Bertz CT molecular complexity index is 428. The fourth-order valence-electron chi connectivity index (χ4n) is 2.19. The van der Waals surface area contributed by atoms with Crippen molar-refractivity contribution in [3.63, 3.8) is 0 Å². The quantitative estimate of drug-likeness (QED) is 0.827. The topological polar surface area (TPSA) is 50.9 Å². The number of ether oxygens (including phenoxy) is 1. The number of nitrogens with zero attached hydrogens (tertiary/aromatic N) is 2. The minimum Gasteiger partial charge on any atom is -0.494 e. The molecule has 104 valence electrons. The maximum absolute atomic E-state index is 5.77. The summed E-state index contributed by atoms with van der Waals surface area (Å²) in [5.74, 6) is 2.00. The summed E-state index contributed by atoms with van der Waals surface area (Å²) >= 11 is 0. The number of hydrogen-bond acceptors (Lipinski definition) is 4. The minimum absolute atomic E-state index is 0.419. The van der Waals surface area contributed by atoms with E-state index in [1.807, 2.05) is 24.1 Å². The van der Waals surface area contributed by atoms with Crippen molar-refractivity contribution in [3.8, 4) is 5.75 Å². The summed E-state index contributed by atoms with van der Waals surface area (Å²) in [5, 5.41) is 0. The number of nitrogens with two attached hydrogens (primary N) is 1. The molecule has 1 aromatic rings. The van der Waals surface area contributed by atoms with Crippen LogP contribution in [0.4, 0.5) is 0 Å². The molecule has 1 aromatic carbocycles. The van der Waals surface area contributed by atoms with E-state index in [2.05, 4.69) is 24.0 Å². The molecule has 4 heteroatoms. The van der Waals surface area contributed by atoms with Crippen molar-refractivity contribution in [2.45, 2.75) is 25.7 Å². The van der Waals surface area contributed by atoms with E-state index >= 15 is 0 Å². The fourth-order valence-corrected chi connectivity index (χ4v) is 2.19. The molecular weight excluding hydrogens is 238 g/mol.